The molecular formula is C15H13BrFN3O. The highest BCUT2D eigenvalue weighted by atomic mass is 79.9. The van der Waals surface area contributed by atoms with E-state index in [-0.39, 0.29) is 5.82 Å². The van der Waals surface area contributed by atoms with Crippen molar-refractivity contribution in [3.05, 3.63) is 58.1 Å². The molecule has 2 aromatic heterocycles. The average Bonchev–Trinajstić information content (AvgIpc) is 3.08. The SMILES string of the molecule is Cc1ccc(-c2[nH]ncc2CNc2ccc(Br)c(F)c2)o1. The zero-order chi connectivity index (χ0) is 14.8. The standard InChI is InChI=1S/C15H13BrFN3O/c1-9-2-5-14(21-9)15-10(8-19-20-15)7-18-11-3-4-12(16)13(17)6-11/h2-6,8,18H,7H2,1H3,(H,19,20). The number of furan rings is 1. The fourth-order valence-electron chi connectivity index (χ4n) is 2.03. The normalized spacial score (nSPS) is 10.8. The molecule has 0 aliphatic carbocycles. The second kappa shape index (κ2) is 5.73. The lowest BCUT2D eigenvalue weighted by Crippen LogP contribution is -2.00. The zero-order valence-corrected chi connectivity index (χ0v) is 12.9. The molecule has 0 aliphatic rings. The number of rotatable bonds is 4. The van der Waals surface area contributed by atoms with Crippen LogP contribution in [0.5, 0.6) is 0 Å². The molecule has 4 nitrogen and oxygen atoms in total. The van der Waals surface area contributed by atoms with Gasteiger partial charge in [-0.2, -0.15) is 5.10 Å². The molecule has 0 amide bonds. The van der Waals surface area contributed by atoms with E-state index >= 15 is 0 Å². The Kier molecular flexibility index (Phi) is 3.79. The van der Waals surface area contributed by atoms with E-state index in [4.69, 9.17) is 4.42 Å². The summed E-state index contributed by atoms with van der Waals surface area (Å²) in [7, 11) is 0. The number of nitrogens with one attached hydrogen (secondary N) is 2. The monoisotopic (exact) mass is 349 g/mol. The summed E-state index contributed by atoms with van der Waals surface area (Å²) in [5, 5.41) is 10.1. The Bertz CT molecular complexity index is 766. The van der Waals surface area contributed by atoms with E-state index in [2.05, 4.69) is 31.4 Å². The van der Waals surface area contributed by atoms with Gasteiger partial charge in [0.05, 0.1) is 10.7 Å². The number of benzene rings is 1. The number of aromatic nitrogens is 2. The van der Waals surface area contributed by atoms with Crippen molar-refractivity contribution < 1.29 is 8.81 Å². The smallest absolute Gasteiger partial charge is 0.152 e. The van der Waals surface area contributed by atoms with Gasteiger partial charge in [0.2, 0.25) is 0 Å². The average molecular weight is 350 g/mol. The maximum Gasteiger partial charge on any atom is 0.152 e. The quantitative estimate of drug-likeness (QED) is 0.729. The van der Waals surface area contributed by atoms with Crippen LogP contribution in [0, 0.1) is 12.7 Å². The predicted octanol–water partition coefficient (Wildman–Crippen LogP) is 4.49. The fourth-order valence-corrected chi connectivity index (χ4v) is 2.28. The molecule has 0 atom stereocenters. The molecule has 3 rings (SSSR count). The van der Waals surface area contributed by atoms with Crippen molar-refractivity contribution in [2.75, 3.05) is 5.32 Å². The Hall–Kier alpha value is -2.08. The highest BCUT2D eigenvalue weighted by Gasteiger charge is 2.11. The highest BCUT2D eigenvalue weighted by molar-refractivity contribution is 9.10. The maximum absolute atomic E-state index is 13.5. The van der Waals surface area contributed by atoms with Crippen LogP contribution in [0.3, 0.4) is 0 Å². The van der Waals surface area contributed by atoms with E-state index in [0.717, 1.165) is 22.8 Å². The molecular weight excluding hydrogens is 337 g/mol. The Morgan fingerprint density at radius 2 is 2.19 bits per heavy atom. The number of hydrogen-bond donors (Lipinski definition) is 2. The third-order valence-corrected chi connectivity index (χ3v) is 3.75. The van der Waals surface area contributed by atoms with Crippen LogP contribution in [0.25, 0.3) is 11.5 Å². The molecule has 0 fully saturated rings. The molecule has 3 aromatic rings. The topological polar surface area (TPSA) is 53.9 Å². The number of aromatic amines is 1. The van der Waals surface area contributed by atoms with Crippen LogP contribution >= 0.6 is 15.9 Å². The Labute approximate surface area is 129 Å². The van der Waals surface area contributed by atoms with Crippen LogP contribution in [0.15, 0.2) is 45.4 Å². The molecule has 0 saturated carbocycles. The number of H-pyrrole nitrogens is 1. The molecule has 0 aliphatic heterocycles. The molecule has 21 heavy (non-hydrogen) atoms. The van der Waals surface area contributed by atoms with Gasteiger partial charge in [0.25, 0.3) is 0 Å². The van der Waals surface area contributed by atoms with Crippen molar-refractivity contribution in [3.63, 3.8) is 0 Å². The first-order valence-electron chi connectivity index (χ1n) is 6.41. The first-order valence-corrected chi connectivity index (χ1v) is 7.21. The molecule has 0 unspecified atom stereocenters. The predicted molar refractivity (Wildman–Crippen MR) is 82.5 cm³/mol. The molecule has 108 valence electrons. The van der Waals surface area contributed by atoms with E-state index in [1.807, 2.05) is 25.1 Å². The molecule has 2 N–H and O–H groups in total. The number of aryl methyl sites for hydroxylation is 1. The van der Waals surface area contributed by atoms with Crippen LogP contribution in [0.2, 0.25) is 0 Å². The lowest BCUT2D eigenvalue weighted by molar-refractivity contribution is 0.545. The van der Waals surface area contributed by atoms with E-state index in [0.29, 0.717) is 16.7 Å². The summed E-state index contributed by atoms with van der Waals surface area (Å²) < 4.78 is 19.5. The van der Waals surface area contributed by atoms with E-state index in [9.17, 15) is 4.39 Å². The van der Waals surface area contributed by atoms with Gasteiger partial charge in [0.1, 0.15) is 17.3 Å². The fraction of sp³-hybridized carbons (Fsp3) is 0.133. The van der Waals surface area contributed by atoms with Gasteiger partial charge in [-0.3, -0.25) is 5.10 Å². The minimum Gasteiger partial charge on any atom is -0.460 e. The highest BCUT2D eigenvalue weighted by Crippen LogP contribution is 2.25. The summed E-state index contributed by atoms with van der Waals surface area (Å²) >= 11 is 3.13. The molecule has 6 heteroatoms. The van der Waals surface area contributed by atoms with Crippen molar-refractivity contribution in [1.82, 2.24) is 10.2 Å². The van der Waals surface area contributed by atoms with Crippen LogP contribution in [-0.4, -0.2) is 10.2 Å². The van der Waals surface area contributed by atoms with Crippen molar-refractivity contribution in [2.24, 2.45) is 0 Å². The number of hydrogen-bond acceptors (Lipinski definition) is 3. The van der Waals surface area contributed by atoms with Gasteiger partial charge in [-0.15, -0.1) is 0 Å². The van der Waals surface area contributed by atoms with Crippen molar-refractivity contribution >= 4 is 21.6 Å². The largest absolute Gasteiger partial charge is 0.460 e. The number of halogens is 2. The molecule has 0 saturated heterocycles. The van der Waals surface area contributed by atoms with E-state index in [1.54, 1.807) is 12.3 Å². The van der Waals surface area contributed by atoms with Gasteiger partial charge in [0, 0.05) is 17.8 Å². The van der Waals surface area contributed by atoms with E-state index in [1.165, 1.54) is 6.07 Å². The Morgan fingerprint density at radius 3 is 2.90 bits per heavy atom. The molecule has 0 bridgehead atoms. The third kappa shape index (κ3) is 3.00. The maximum atomic E-state index is 13.5. The number of anilines is 1. The van der Waals surface area contributed by atoms with Crippen LogP contribution in [-0.2, 0) is 6.54 Å². The summed E-state index contributed by atoms with van der Waals surface area (Å²) in [6.45, 7) is 2.41. The van der Waals surface area contributed by atoms with Gasteiger partial charge >= 0.3 is 0 Å². The third-order valence-electron chi connectivity index (χ3n) is 3.11. The van der Waals surface area contributed by atoms with Gasteiger partial charge in [0.15, 0.2) is 5.76 Å². The van der Waals surface area contributed by atoms with E-state index < -0.39 is 0 Å². The van der Waals surface area contributed by atoms with Crippen LogP contribution in [0.4, 0.5) is 10.1 Å². The minimum atomic E-state index is -0.297. The summed E-state index contributed by atoms with van der Waals surface area (Å²) in [6.07, 6.45) is 1.73. The van der Waals surface area contributed by atoms with Gasteiger partial charge in [-0.1, -0.05) is 0 Å². The lowest BCUT2D eigenvalue weighted by Gasteiger charge is -2.07. The molecule has 0 radical (unpaired) electrons. The minimum absolute atomic E-state index is 0.297. The van der Waals surface area contributed by atoms with Gasteiger partial charge < -0.3 is 9.73 Å². The van der Waals surface area contributed by atoms with Crippen molar-refractivity contribution in [1.29, 1.82) is 0 Å². The second-order valence-corrected chi connectivity index (χ2v) is 5.52. The summed E-state index contributed by atoms with van der Waals surface area (Å²) in [6, 6.07) is 8.72. The van der Waals surface area contributed by atoms with Crippen LogP contribution in [0.1, 0.15) is 11.3 Å². The van der Waals surface area contributed by atoms with Crippen molar-refractivity contribution in [3.8, 4) is 11.5 Å². The van der Waals surface area contributed by atoms with Crippen LogP contribution < -0.4 is 5.32 Å². The lowest BCUT2D eigenvalue weighted by atomic mass is 10.2. The molecule has 0 spiro atoms. The molecule has 1 aromatic carbocycles. The Morgan fingerprint density at radius 1 is 1.33 bits per heavy atom. The van der Waals surface area contributed by atoms with Gasteiger partial charge in [-0.25, -0.2) is 4.39 Å². The summed E-state index contributed by atoms with van der Waals surface area (Å²) in [5.41, 5.74) is 2.49. The van der Waals surface area contributed by atoms with Gasteiger partial charge in [-0.05, 0) is 53.2 Å². The first kappa shape index (κ1) is 13.9. The number of nitrogens with zero attached hydrogens (tertiary/aromatic N) is 1. The Balaban J connectivity index is 1.77. The zero-order valence-electron chi connectivity index (χ0n) is 11.3. The molecule has 2 heterocycles. The first-order chi connectivity index (χ1) is 10.1. The summed E-state index contributed by atoms with van der Waals surface area (Å²) in [4.78, 5) is 0. The summed E-state index contributed by atoms with van der Waals surface area (Å²) in [5.74, 6) is 1.28. The second-order valence-electron chi connectivity index (χ2n) is 4.66. The van der Waals surface area contributed by atoms with Crippen molar-refractivity contribution in [2.45, 2.75) is 13.5 Å².